The molecular weight excluding hydrogens is 330 g/mol. The molecule has 0 radical (unpaired) electrons. The maximum atomic E-state index is 12.0. The summed E-state index contributed by atoms with van der Waals surface area (Å²) in [6.07, 6.45) is 0.0505. The Hall–Kier alpha value is -2.53. The molecule has 5 nitrogen and oxygen atoms in total. The van der Waals surface area contributed by atoms with Gasteiger partial charge in [-0.25, -0.2) is 4.79 Å². The molecule has 1 unspecified atom stereocenters. The van der Waals surface area contributed by atoms with Crippen molar-refractivity contribution in [2.24, 2.45) is 0 Å². The molecule has 0 heterocycles. The molecule has 0 aliphatic heterocycles. The fourth-order valence-corrected chi connectivity index (χ4v) is 2.19. The van der Waals surface area contributed by atoms with Crippen LogP contribution in [0.15, 0.2) is 54.6 Å². The van der Waals surface area contributed by atoms with Gasteiger partial charge in [0.05, 0.1) is 0 Å². The largest absolute Gasteiger partial charge is 0.478 e. The summed E-state index contributed by atoms with van der Waals surface area (Å²) >= 11 is 5.79. The molecule has 0 bridgehead atoms. The molecule has 24 heavy (non-hydrogen) atoms. The Kier molecular flexibility index (Phi) is 5.82. The maximum absolute atomic E-state index is 12.0. The normalized spacial score (nSPS) is 12.9. The van der Waals surface area contributed by atoms with E-state index in [1.165, 1.54) is 6.92 Å². The molecule has 0 fully saturated rings. The average Bonchev–Trinajstić information content (AvgIpc) is 2.56. The molecule has 2 N–H and O–H groups in total. The van der Waals surface area contributed by atoms with Crippen LogP contribution in [-0.4, -0.2) is 22.6 Å². The summed E-state index contributed by atoms with van der Waals surface area (Å²) in [7, 11) is 0. The second-order valence-electron chi connectivity index (χ2n) is 5.51. The molecule has 0 aliphatic carbocycles. The third kappa shape index (κ3) is 4.99. The van der Waals surface area contributed by atoms with Gasteiger partial charge in [-0.05, 0) is 43.3 Å². The molecule has 0 saturated carbocycles. The van der Waals surface area contributed by atoms with E-state index in [1.807, 2.05) is 6.07 Å². The first-order chi connectivity index (χ1) is 11.4. The monoisotopic (exact) mass is 347 g/mol. The van der Waals surface area contributed by atoms with Gasteiger partial charge in [0.15, 0.2) is 0 Å². The van der Waals surface area contributed by atoms with Crippen LogP contribution < -0.4 is 10.1 Å². The van der Waals surface area contributed by atoms with Crippen molar-refractivity contribution in [3.63, 3.8) is 0 Å². The molecule has 1 atom stereocenters. The van der Waals surface area contributed by atoms with E-state index in [9.17, 15) is 14.7 Å². The third-order valence-electron chi connectivity index (χ3n) is 3.50. The van der Waals surface area contributed by atoms with Gasteiger partial charge in [-0.3, -0.25) is 4.79 Å². The Morgan fingerprint density at radius 1 is 1.12 bits per heavy atom. The first-order valence-electron chi connectivity index (χ1n) is 7.42. The van der Waals surface area contributed by atoms with Crippen molar-refractivity contribution in [3.8, 4) is 5.75 Å². The number of carboxylic acids is 1. The average molecular weight is 348 g/mol. The number of halogens is 1. The van der Waals surface area contributed by atoms with Crippen LogP contribution in [0.25, 0.3) is 0 Å². The van der Waals surface area contributed by atoms with E-state index in [-0.39, 0.29) is 18.7 Å². The number of amides is 1. The van der Waals surface area contributed by atoms with Crippen LogP contribution in [0, 0.1) is 0 Å². The summed E-state index contributed by atoms with van der Waals surface area (Å²) in [5.74, 6) is -0.965. The summed E-state index contributed by atoms with van der Waals surface area (Å²) in [5.41, 5.74) is -0.885. The Morgan fingerprint density at radius 2 is 1.75 bits per heavy atom. The molecule has 2 rings (SSSR count). The van der Waals surface area contributed by atoms with E-state index in [0.717, 1.165) is 0 Å². The quantitative estimate of drug-likeness (QED) is 0.794. The lowest BCUT2D eigenvalue weighted by Gasteiger charge is -2.26. The van der Waals surface area contributed by atoms with Crippen molar-refractivity contribution in [1.29, 1.82) is 0 Å². The summed E-state index contributed by atoms with van der Waals surface area (Å²) in [6, 6.07) is 15.4. The van der Waals surface area contributed by atoms with Gasteiger partial charge in [-0.15, -0.1) is 0 Å². The van der Waals surface area contributed by atoms with Crippen LogP contribution in [0.4, 0.5) is 5.69 Å². The molecule has 0 aromatic heterocycles. The highest BCUT2D eigenvalue weighted by Gasteiger charge is 2.36. The number of anilines is 1. The lowest BCUT2D eigenvalue weighted by Crippen LogP contribution is -2.42. The van der Waals surface area contributed by atoms with E-state index in [2.05, 4.69) is 5.32 Å². The highest BCUT2D eigenvalue weighted by molar-refractivity contribution is 6.30. The zero-order chi connectivity index (χ0) is 17.6. The Morgan fingerprint density at radius 3 is 2.33 bits per heavy atom. The number of hydrogen-bond acceptors (Lipinski definition) is 3. The zero-order valence-corrected chi connectivity index (χ0v) is 13.9. The topological polar surface area (TPSA) is 75.6 Å². The predicted molar refractivity (Wildman–Crippen MR) is 92.4 cm³/mol. The van der Waals surface area contributed by atoms with E-state index in [1.54, 1.807) is 48.5 Å². The van der Waals surface area contributed by atoms with Gasteiger partial charge >= 0.3 is 5.97 Å². The summed E-state index contributed by atoms with van der Waals surface area (Å²) in [4.78, 5) is 23.6. The second-order valence-corrected chi connectivity index (χ2v) is 5.94. The summed E-state index contributed by atoms with van der Waals surface area (Å²) < 4.78 is 5.58. The SMILES string of the molecule is CC(CCC(=O)Nc1ccc(Cl)cc1)(Oc1ccccc1)C(=O)O. The standard InChI is InChI=1S/C18H18ClNO4/c1-18(17(22)23,24-15-5-3-2-4-6-15)12-11-16(21)20-14-9-7-13(19)8-10-14/h2-10H,11-12H2,1H3,(H,20,21)(H,22,23). The number of benzene rings is 2. The number of hydrogen-bond donors (Lipinski definition) is 2. The van der Waals surface area contributed by atoms with Gasteiger partial charge in [0.2, 0.25) is 11.5 Å². The number of ether oxygens (including phenoxy) is 1. The van der Waals surface area contributed by atoms with Crippen molar-refractivity contribution >= 4 is 29.2 Å². The molecule has 0 spiro atoms. The fourth-order valence-electron chi connectivity index (χ4n) is 2.06. The number of para-hydroxylation sites is 1. The van der Waals surface area contributed by atoms with E-state index in [0.29, 0.717) is 16.5 Å². The number of carbonyl (C=O) groups is 2. The molecule has 6 heteroatoms. The molecule has 2 aromatic carbocycles. The van der Waals surface area contributed by atoms with Gasteiger partial charge < -0.3 is 15.2 Å². The lowest BCUT2D eigenvalue weighted by molar-refractivity contribution is -0.154. The van der Waals surface area contributed by atoms with Crippen LogP contribution >= 0.6 is 11.6 Å². The highest BCUT2D eigenvalue weighted by Crippen LogP contribution is 2.23. The van der Waals surface area contributed by atoms with Crippen LogP contribution in [0.5, 0.6) is 5.75 Å². The van der Waals surface area contributed by atoms with Crippen LogP contribution in [0.3, 0.4) is 0 Å². The number of rotatable bonds is 7. The minimum absolute atomic E-state index is 0.0122. The Balaban J connectivity index is 1.96. The van der Waals surface area contributed by atoms with Crippen LogP contribution in [0.2, 0.25) is 5.02 Å². The smallest absolute Gasteiger partial charge is 0.347 e. The van der Waals surface area contributed by atoms with Gasteiger partial charge in [0.25, 0.3) is 0 Å². The first kappa shape index (κ1) is 17.8. The molecule has 1 amide bonds. The number of carboxylic acid groups (broad SMARTS) is 1. The molecule has 2 aromatic rings. The first-order valence-corrected chi connectivity index (χ1v) is 7.80. The van der Waals surface area contributed by atoms with Crippen molar-refractivity contribution in [2.45, 2.75) is 25.4 Å². The van der Waals surface area contributed by atoms with E-state index >= 15 is 0 Å². The maximum Gasteiger partial charge on any atom is 0.347 e. The van der Waals surface area contributed by atoms with Gasteiger partial charge in [-0.2, -0.15) is 0 Å². The Labute approximate surface area is 145 Å². The molecule has 0 saturated heterocycles. The van der Waals surface area contributed by atoms with Crippen molar-refractivity contribution < 1.29 is 19.4 Å². The van der Waals surface area contributed by atoms with Gasteiger partial charge in [0.1, 0.15) is 5.75 Å². The molecule has 0 aliphatic rings. The zero-order valence-electron chi connectivity index (χ0n) is 13.2. The minimum Gasteiger partial charge on any atom is -0.478 e. The number of aliphatic carboxylic acids is 1. The van der Waals surface area contributed by atoms with E-state index in [4.69, 9.17) is 16.3 Å². The van der Waals surface area contributed by atoms with Crippen molar-refractivity contribution in [1.82, 2.24) is 0 Å². The van der Waals surface area contributed by atoms with E-state index < -0.39 is 11.6 Å². The lowest BCUT2D eigenvalue weighted by atomic mass is 9.99. The van der Waals surface area contributed by atoms with Crippen molar-refractivity contribution in [3.05, 3.63) is 59.6 Å². The number of nitrogens with one attached hydrogen (secondary N) is 1. The summed E-state index contributed by atoms with van der Waals surface area (Å²) in [6.45, 7) is 1.46. The van der Waals surface area contributed by atoms with Crippen LogP contribution in [-0.2, 0) is 9.59 Å². The third-order valence-corrected chi connectivity index (χ3v) is 3.75. The minimum atomic E-state index is -1.49. The van der Waals surface area contributed by atoms with Crippen LogP contribution in [0.1, 0.15) is 19.8 Å². The number of carbonyl (C=O) groups excluding carboxylic acids is 1. The summed E-state index contributed by atoms with van der Waals surface area (Å²) in [5, 5.41) is 12.7. The molecular formula is C18H18ClNO4. The Bertz CT molecular complexity index is 703. The highest BCUT2D eigenvalue weighted by atomic mass is 35.5. The predicted octanol–water partition coefficient (Wildman–Crippen LogP) is 3.98. The van der Waals surface area contributed by atoms with Crippen molar-refractivity contribution in [2.75, 3.05) is 5.32 Å². The molecule has 126 valence electrons. The van der Waals surface area contributed by atoms with Gasteiger partial charge in [0, 0.05) is 23.6 Å². The van der Waals surface area contributed by atoms with Gasteiger partial charge in [-0.1, -0.05) is 29.8 Å². The second kappa shape index (κ2) is 7.84. The fraction of sp³-hybridized carbons (Fsp3) is 0.222.